The van der Waals surface area contributed by atoms with E-state index >= 15 is 0 Å². The molecule has 0 atom stereocenters. The van der Waals surface area contributed by atoms with Crippen LogP contribution in [0, 0.1) is 6.92 Å². The molecule has 0 aliphatic heterocycles. The fourth-order valence-electron chi connectivity index (χ4n) is 1.41. The first-order valence-electron chi connectivity index (χ1n) is 4.35. The number of aromatic nitrogens is 3. The molecule has 0 unspecified atom stereocenters. The molecule has 0 saturated carbocycles. The molecule has 0 aliphatic rings. The Bertz CT molecular complexity index is 565. The van der Waals surface area contributed by atoms with Gasteiger partial charge in [0.15, 0.2) is 5.65 Å². The third kappa shape index (κ3) is 1.50. The molecule has 0 aromatic carbocycles. The molecule has 0 radical (unpaired) electrons. The van der Waals surface area contributed by atoms with Gasteiger partial charge in [-0.25, -0.2) is 18.3 Å². The van der Waals surface area contributed by atoms with Crippen LogP contribution < -0.4 is 5.11 Å². The first-order chi connectivity index (χ1) is 7.50. The van der Waals surface area contributed by atoms with E-state index in [4.69, 9.17) is 0 Å². The minimum absolute atomic E-state index is 0.129. The third-order valence-corrected chi connectivity index (χ3v) is 2.07. The van der Waals surface area contributed by atoms with Gasteiger partial charge in [-0.15, -0.1) is 0 Å². The molecule has 0 bridgehead atoms. The maximum absolute atomic E-state index is 12.6. The molecule has 0 N–H and O–H groups in total. The fourth-order valence-corrected chi connectivity index (χ4v) is 1.41. The molecule has 0 spiro atoms. The van der Waals surface area contributed by atoms with Gasteiger partial charge in [0.05, 0.1) is 17.7 Å². The van der Waals surface area contributed by atoms with E-state index in [0.717, 1.165) is 16.8 Å². The van der Waals surface area contributed by atoms with Crippen molar-refractivity contribution < 1.29 is 18.7 Å². The highest BCUT2D eigenvalue weighted by atomic mass is 19.3. The molecule has 2 aromatic heterocycles. The maximum Gasteiger partial charge on any atom is 0.280 e. The molecular weight excluding hydrogens is 220 g/mol. The van der Waals surface area contributed by atoms with Gasteiger partial charge in [0.1, 0.15) is 5.69 Å². The minimum Gasteiger partial charge on any atom is -0.545 e. The zero-order valence-electron chi connectivity index (χ0n) is 8.15. The van der Waals surface area contributed by atoms with Crippen LogP contribution in [0.1, 0.15) is 28.2 Å². The van der Waals surface area contributed by atoms with Crippen molar-refractivity contribution in [1.29, 1.82) is 0 Å². The number of carboxylic acids is 1. The number of aryl methyl sites for hydroxylation is 1. The van der Waals surface area contributed by atoms with Gasteiger partial charge >= 0.3 is 0 Å². The van der Waals surface area contributed by atoms with E-state index in [1.54, 1.807) is 0 Å². The number of carbonyl (C=O) groups excluding carboxylic acids is 1. The number of alkyl halides is 2. The van der Waals surface area contributed by atoms with Gasteiger partial charge in [-0.1, -0.05) is 0 Å². The highest BCUT2D eigenvalue weighted by molar-refractivity contribution is 5.92. The maximum atomic E-state index is 12.6. The van der Waals surface area contributed by atoms with E-state index in [2.05, 4.69) is 10.1 Å². The molecule has 84 valence electrons. The second-order valence-corrected chi connectivity index (χ2v) is 3.20. The van der Waals surface area contributed by atoms with E-state index in [1.807, 2.05) is 0 Å². The Kier molecular flexibility index (Phi) is 2.30. The highest BCUT2D eigenvalue weighted by Crippen LogP contribution is 2.21. The average Bonchev–Trinajstić information content (AvgIpc) is 2.59. The monoisotopic (exact) mass is 226 g/mol. The SMILES string of the molecule is Cc1cc(C(F)F)n2ncc(C(=O)[O-])c2n1. The van der Waals surface area contributed by atoms with Crippen LogP contribution in [0.15, 0.2) is 12.3 Å². The van der Waals surface area contributed by atoms with Gasteiger partial charge in [0.2, 0.25) is 0 Å². The van der Waals surface area contributed by atoms with Crippen molar-refractivity contribution in [2.75, 3.05) is 0 Å². The van der Waals surface area contributed by atoms with Crippen LogP contribution in [0.5, 0.6) is 0 Å². The van der Waals surface area contributed by atoms with E-state index in [9.17, 15) is 18.7 Å². The molecule has 0 fully saturated rings. The summed E-state index contributed by atoms with van der Waals surface area (Å²) in [5.74, 6) is -1.49. The van der Waals surface area contributed by atoms with Crippen LogP contribution in [0.25, 0.3) is 5.65 Å². The Labute approximate surface area is 88.3 Å². The van der Waals surface area contributed by atoms with Gasteiger partial charge in [-0.05, 0) is 13.0 Å². The van der Waals surface area contributed by atoms with Crippen LogP contribution in [0.3, 0.4) is 0 Å². The zero-order chi connectivity index (χ0) is 11.9. The summed E-state index contributed by atoms with van der Waals surface area (Å²) in [6, 6.07) is 1.16. The van der Waals surface area contributed by atoms with Crippen molar-refractivity contribution in [2.24, 2.45) is 0 Å². The van der Waals surface area contributed by atoms with Crippen LogP contribution in [-0.2, 0) is 0 Å². The number of halogens is 2. The van der Waals surface area contributed by atoms with Crippen LogP contribution in [0.4, 0.5) is 8.78 Å². The summed E-state index contributed by atoms with van der Waals surface area (Å²) in [7, 11) is 0. The molecule has 2 heterocycles. The predicted octanol–water partition coefficient (Wildman–Crippen LogP) is 0.339. The van der Waals surface area contributed by atoms with Gasteiger partial charge < -0.3 is 9.90 Å². The molecule has 0 amide bonds. The first-order valence-corrected chi connectivity index (χ1v) is 4.35. The van der Waals surface area contributed by atoms with Crippen molar-refractivity contribution in [2.45, 2.75) is 13.3 Å². The molecule has 5 nitrogen and oxygen atoms in total. The second kappa shape index (κ2) is 3.51. The summed E-state index contributed by atoms with van der Waals surface area (Å²) < 4.78 is 26.1. The van der Waals surface area contributed by atoms with Crippen molar-refractivity contribution in [3.05, 3.63) is 29.2 Å². The quantitative estimate of drug-likeness (QED) is 0.740. The number of rotatable bonds is 2. The second-order valence-electron chi connectivity index (χ2n) is 3.20. The van der Waals surface area contributed by atoms with E-state index in [1.165, 1.54) is 6.92 Å². The fraction of sp³-hybridized carbons (Fsp3) is 0.222. The standard InChI is InChI=1S/C9H7F2N3O2/c1-4-2-6(7(10)11)14-8(13-4)5(3-12-14)9(15)16/h2-3,7H,1H3,(H,15,16)/p-1. The molecule has 16 heavy (non-hydrogen) atoms. The number of aromatic carboxylic acids is 1. The van der Waals surface area contributed by atoms with E-state index in [0.29, 0.717) is 5.69 Å². The number of carboxylic acid groups (broad SMARTS) is 1. The number of nitrogens with zero attached hydrogens (tertiary/aromatic N) is 3. The lowest BCUT2D eigenvalue weighted by Gasteiger charge is -2.05. The Morgan fingerprint density at radius 2 is 2.25 bits per heavy atom. The van der Waals surface area contributed by atoms with Gasteiger partial charge in [0, 0.05) is 5.69 Å². The number of carbonyl (C=O) groups is 1. The topological polar surface area (TPSA) is 70.3 Å². The number of hydrogen-bond acceptors (Lipinski definition) is 4. The number of fused-ring (bicyclic) bond motifs is 1. The van der Waals surface area contributed by atoms with Crippen molar-refractivity contribution in [3.63, 3.8) is 0 Å². The van der Waals surface area contributed by atoms with Crippen LogP contribution in [0.2, 0.25) is 0 Å². The minimum atomic E-state index is -2.75. The van der Waals surface area contributed by atoms with Crippen LogP contribution in [-0.4, -0.2) is 20.6 Å². The molecule has 0 saturated heterocycles. The van der Waals surface area contributed by atoms with Gasteiger partial charge in [-0.2, -0.15) is 5.10 Å². The molecule has 2 rings (SSSR count). The molecule has 2 aromatic rings. The van der Waals surface area contributed by atoms with Crippen molar-refractivity contribution in [1.82, 2.24) is 14.6 Å². The smallest absolute Gasteiger partial charge is 0.280 e. The molecule has 7 heteroatoms. The lowest BCUT2D eigenvalue weighted by atomic mass is 10.3. The Morgan fingerprint density at radius 1 is 1.56 bits per heavy atom. The predicted molar refractivity (Wildman–Crippen MR) is 47.0 cm³/mol. The summed E-state index contributed by atoms with van der Waals surface area (Å²) in [5.41, 5.74) is -0.526. The largest absolute Gasteiger partial charge is 0.545 e. The normalized spacial score (nSPS) is 11.2. The summed E-state index contributed by atoms with van der Waals surface area (Å²) >= 11 is 0. The Hall–Kier alpha value is -2.05. The van der Waals surface area contributed by atoms with Gasteiger partial charge in [-0.3, -0.25) is 0 Å². The van der Waals surface area contributed by atoms with Crippen molar-refractivity contribution in [3.8, 4) is 0 Å². The highest BCUT2D eigenvalue weighted by Gasteiger charge is 2.16. The molecular formula is C9H6F2N3O2-. The Morgan fingerprint density at radius 3 is 2.81 bits per heavy atom. The third-order valence-electron chi connectivity index (χ3n) is 2.07. The summed E-state index contributed by atoms with van der Waals surface area (Å²) in [6.07, 6.45) is -1.80. The van der Waals surface area contributed by atoms with E-state index < -0.39 is 18.1 Å². The number of hydrogen-bond donors (Lipinski definition) is 0. The van der Waals surface area contributed by atoms with Gasteiger partial charge in [0.25, 0.3) is 6.43 Å². The molecule has 0 aliphatic carbocycles. The first kappa shape index (κ1) is 10.5. The lowest BCUT2D eigenvalue weighted by Crippen LogP contribution is -2.22. The van der Waals surface area contributed by atoms with Crippen LogP contribution >= 0.6 is 0 Å². The van der Waals surface area contributed by atoms with E-state index in [-0.39, 0.29) is 11.2 Å². The summed E-state index contributed by atoms with van der Waals surface area (Å²) in [6.45, 7) is 1.50. The summed E-state index contributed by atoms with van der Waals surface area (Å²) in [5, 5.41) is 14.2. The van der Waals surface area contributed by atoms with Crippen molar-refractivity contribution >= 4 is 11.6 Å². The lowest BCUT2D eigenvalue weighted by molar-refractivity contribution is -0.254. The average molecular weight is 226 g/mol. The summed E-state index contributed by atoms with van der Waals surface area (Å²) in [4.78, 5) is 14.5. The Balaban J connectivity index is 2.80. The zero-order valence-corrected chi connectivity index (χ0v) is 8.15.